The summed E-state index contributed by atoms with van der Waals surface area (Å²) in [5, 5.41) is 0.769. The molecule has 0 aliphatic carbocycles. The highest BCUT2D eigenvalue weighted by atomic mass is 35.5. The summed E-state index contributed by atoms with van der Waals surface area (Å²) in [6.07, 6.45) is 4.87. The van der Waals surface area contributed by atoms with Gasteiger partial charge in [0.2, 0.25) is 0 Å². The predicted molar refractivity (Wildman–Crippen MR) is 84.8 cm³/mol. The van der Waals surface area contributed by atoms with Crippen molar-refractivity contribution in [3.8, 4) is 0 Å². The Hall–Kier alpha value is -1.01. The lowest BCUT2D eigenvalue weighted by atomic mass is 10.3. The molecule has 1 aromatic heterocycles. The molecule has 0 saturated heterocycles. The first kappa shape index (κ1) is 15.4. The fourth-order valence-electron chi connectivity index (χ4n) is 1.99. The Morgan fingerprint density at radius 3 is 2.95 bits per heavy atom. The summed E-state index contributed by atoms with van der Waals surface area (Å²) in [5.74, 6) is 7.43. The summed E-state index contributed by atoms with van der Waals surface area (Å²) in [7, 11) is 0. The van der Waals surface area contributed by atoms with E-state index in [0.29, 0.717) is 0 Å². The molecular weight excluding hydrogens is 292 g/mol. The normalized spacial score (nSPS) is 12.6. The third-order valence-corrected chi connectivity index (χ3v) is 4.58. The number of aromatic nitrogens is 2. The largest absolute Gasteiger partial charge is 0.334 e. The highest BCUT2D eigenvalue weighted by molar-refractivity contribution is 7.99. The quantitative estimate of drug-likeness (QED) is 0.468. The van der Waals surface area contributed by atoms with Crippen molar-refractivity contribution in [3.05, 3.63) is 47.5 Å². The van der Waals surface area contributed by atoms with Gasteiger partial charge in [0.1, 0.15) is 5.82 Å². The maximum absolute atomic E-state index is 6.16. The molecule has 20 heavy (non-hydrogen) atoms. The average molecular weight is 311 g/mol. The third-order valence-electron chi connectivity index (χ3n) is 2.97. The van der Waals surface area contributed by atoms with Crippen LogP contribution in [-0.2, 0) is 6.54 Å². The number of nitrogens with two attached hydrogens (primary N) is 1. The van der Waals surface area contributed by atoms with Gasteiger partial charge in [0.15, 0.2) is 0 Å². The van der Waals surface area contributed by atoms with Gasteiger partial charge in [0, 0.05) is 29.6 Å². The van der Waals surface area contributed by atoms with Crippen molar-refractivity contribution in [2.45, 2.75) is 30.8 Å². The SMILES string of the molecule is CCCn1ccnc1C(CSc1ccccc1Cl)NN. The lowest BCUT2D eigenvalue weighted by Gasteiger charge is -2.17. The fraction of sp³-hybridized carbons (Fsp3) is 0.357. The van der Waals surface area contributed by atoms with E-state index in [4.69, 9.17) is 17.4 Å². The molecular formula is C14H19ClN4S. The molecule has 3 N–H and O–H groups in total. The maximum atomic E-state index is 6.16. The monoisotopic (exact) mass is 310 g/mol. The van der Waals surface area contributed by atoms with E-state index in [1.54, 1.807) is 11.8 Å². The molecule has 2 rings (SSSR count). The maximum Gasteiger partial charge on any atom is 0.128 e. The van der Waals surface area contributed by atoms with E-state index in [2.05, 4.69) is 21.9 Å². The molecule has 0 radical (unpaired) electrons. The average Bonchev–Trinajstić information content (AvgIpc) is 2.90. The van der Waals surface area contributed by atoms with Crippen molar-refractivity contribution in [2.75, 3.05) is 5.75 Å². The van der Waals surface area contributed by atoms with Crippen LogP contribution in [0.3, 0.4) is 0 Å². The van der Waals surface area contributed by atoms with Crippen molar-refractivity contribution < 1.29 is 0 Å². The molecule has 108 valence electrons. The second-order valence-electron chi connectivity index (χ2n) is 4.44. The van der Waals surface area contributed by atoms with Crippen LogP contribution in [0.25, 0.3) is 0 Å². The zero-order chi connectivity index (χ0) is 14.4. The molecule has 0 saturated carbocycles. The summed E-state index contributed by atoms with van der Waals surface area (Å²) >= 11 is 7.84. The lowest BCUT2D eigenvalue weighted by Crippen LogP contribution is -2.32. The Kier molecular flexibility index (Phi) is 5.91. The van der Waals surface area contributed by atoms with Gasteiger partial charge in [-0.1, -0.05) is 30.7 Å². The number of nitrogens with one attached hydrogen (secondary N) is 1. The van der Waals surface area contributed by atoms with Crippen molar-refractivity contribution in [2.24, 2.45) is 5.84 Å². The van der Waals surface area contributed by atoms with Crippen molar-refractivity contribution in [3.63, 3.8) is 0 Å². The molecule has 1 aromatic carbocycles. The molecule has 6 heteroatoms. The molecule has 4 nitrogen and oxygen atoms in total. The summed E-state index contributed by atoms with van der Waals surface area (Å²) < 4.78 is 2.14. The van der Waals surface area contributed by atoms with Gasteiger partial charge in [-0.15, -0.1) is 11.8 Å². The minimum atomic E-state index is -0.00202. The first-order chi connectivity index (χ1) is 9.76. The molecule has 0 aliphatic heterocycles. The Balaban J connectivity index is 2.06. The Morgan fingerprint density at radius 1 is 1.45 bits per heavy atom. The number of thioether (sulfide) groups is 1. The molecule has 1 atom stereocenters. The summed E-state index contributed by atoms with van der Waals surface area (Å²) in [6, 6.07) is 7.82. The van der Waals surface area contributed by atoms with E-state index in [-0.39, 0.29) is 6.04 Å². The lowest BCUT2D eigenvalue weighted by molar-refractivity contribution is 0.528. The van der Waals surface area contributed by atoms with E-state index < -0.39 is 0 Å². The van der Waals surface area contributed by atoms with E-state index in [1.165, 1.54) is 0 Å². The minimum Gasteiger partial charge on any atom is -0.334 e. The van der Waals surface area contributed by atoms with Crippen LogP contribution >= 0.6 is 23.4 Å². The minimum absolute atomic E-state index is 0.00202. The van der Waals surface area contributed by atoms with Crippen LogP contribution in [0.1, 0.15) is 25.2 Å². The molecule has 1 unspecified atom stereocenters. The van der Waals surface area contributed by atoms with E-state index in [0.717, 1.165) is 34.5 Å². The van der Waals surface area contributed by atoms with Crippen molar-refractivity contribution in [1.29, 1.82) is 0 Å². The highest BCUT2D eigenvalue weighted by Gasteiger charge is 2.16. The van der Waals surface area contributed by atoms with E-state index in [1.807, 2.05) is 36.7 Å². The number of imidazole rings is 1. The number of rotatable bonds is 7. The van der Waals surface area contributed by atoms with Crippen LogP contribution < -0.4 is 11.3 Å². The van der Waals surface area contributed by atoms with Gasteiger partial charge in [-0.25, -0.2) is 10.4 Å². The van der Waals surface area contributed by atoms with Crippen molar-refractivity contribution in [1.82, 2.24) is 15.0 Å². The third kappa shape index (κ3) is 3.76. The number of halogens is 1. The second kappa shape index (κ2) is 7.69. The molecule has 0 aliphatic rings. The molecule has 0 amide bonds. The van der Waals surface area contributed by atoms with Gasteiger partial charge in [0.25, 0.3) is 0 Å². The van der Waals surface area contributed by atoms with Crippen LogP contribution in [0.2, 0.25) is 5.02 Å². The molecule has 1 heterocycles. The zero-order valence-corrected chi connectivity index (χ0v) is 13.0. The molecule has 2 aromatic rings. The summed E-state index contributed by atoms with van der Waals surface area (Å²) in [4.78, 5) is 5.47. The number of nitrogens with zero attached hydrogens (tertiary/aromatic N) is 2. The van der Waals surface area contributed by atoms with E-state index in [9.17, 15) is 0 Å². The number of benzene rings is 1. The Morgan fingerprint density at radius 2 is 2.25 bits per heavy atom. The Labute approximate surface area is 128 Å². The van der Waals surface area contributed by atoms with E-state index >= 15 is 0 Å². The standard InChI is InChI=1S/C14H19ClN4S/c1-2-8-19-9-7-17-14(19)12(18-16)10-20-13-6-4-3-5-11(13)15/h3-7,9,12,18H,2,8,10,16H2,1H3. The van der Waals surface area contributed by atoms with Crippen LogP contribution in [0.15, 0.2) is 41.6 Å². The van der Waals surface area contributed by atoms with Gasteiger partial charge in [-0.3, -0.25) is 5.84 Å². The van der Waals surface area contributed by atoms with Crippen LogP contribution in [0, 0.1) is 0 Å². The summed E-state index contributed by atoms with van der Waals surface area (Å²) in [5.41, 5.74) is 2.85. The van der Waals surface area contributed by atoms with Crippen molar-refractivity contribution >= 4 is 23.4 Å². The predicted octanol–water partition coefficient (Wildman–Crippen LogP) is 3.24. The van der Waals surface area contributed by atoms with Crippen LogP contribution in [-0.4, -0.2) is 15.3 Å². The second-order valence-corrected chi connectivity index (χ2v) is 5.91. The topological polar surface area (TPSA) is 55.9 Å². The number of hydrogen-bond acceptors (Lipinski definition) is 4. The fourth-order valence-corrected chi connectivity index (χ4v) is 3.26. The van der Waals surface area contributed by atoms with Crippen LogP contribution in [0.5, 0.6) is 0 Å². The first-order valence-corrected chi connectivity index (χ1v) is 7.97. The zero-order valence-electron chi connectivity index (χ0n) is 11.4. The van der Waals surface area contributed by atoms with Gasteiger partial charge in [-0.2, -0.15) is 0 Å². The van der Waals surface area contributed by atoms with Gasteiger partial charge < -0.3 is 4.57 Å². The Bertz CT molecular complexity index is 543. The molecule has 0 bridgehead atoms. The number of aryl methyl sites for hydroxylation is 1. The van der Waals surface area contributed by atoms with Gasteiger partial charge in [0.05, 0.1) is 11.1 Å². The molecule has 0 fully saturated rings. The van der Waals surface area contributed by atoms with Gasteiger partial charge >= 0.3 is 0 Å². The van der Waals surface area contributed by atoms with Gasteiger partial charge in [-0.05, 0) is 18.6 Å². The smallest absolute Gasteiger partial charge is 0.128 e. The number of hydrogen-bond donors (Lipinski definition) is 2. The molecule has 0 spiro atoms. The number of hydrazine groups is 1. The first-order valence-electron chi connectivity index (χ1n) is 6.60. The van der Waals surface area contributed by atoms with Crippen LogP contribution in [0.4, 0.5) is 0 Å². The highest BCUT2D eigenvalue weighted by Crippen LogP contribution is 2.29. The summed E-state index contributed by atoms with van der Waals surface area (Å²) in [6.45, 7) is 3.09.